The van der Waals surface area contributed by atoms with Crippen LogP contribution in [0.3, 0.4) is 0 Å². The molecule has 1 aromatic carbocycles. The summed E-state index contributed by atoms with van der Waals surface area (Å²) in [6.07, 6.45) is 3.40. The highest BCUT2D eigenvalue weighted by atomic mass is 19.1. The van der Waals surface area contributed by atoms with Gasteiger partial charge in [-0.25, -0.2) is 4.39 Å². The molecule has 102 valence electrons. The zero-order chi connectivity index (χ0) is 13.9. The fourth-order valence-corrected chi connectivity index (χ4v) is 2.68. The summed E-state index contributed by atoms with van der Waals surface area (Å²) in [5.74, 6) is -0.203. The Bertz CT molecular complexity index is 455. The second-order valence-electron chi connectivity index (χ2n) is 5.54. The van der Waals surface area contributed by atoms with Crippen LogP contribution in [-0.2, 0) is 6.54 Å². The first-order valence-corrected chi connectivity index (χ1v) is 6.67. The van der Waals surface area contributed by atoms with Crippen LogP contribution in [0.4, 0.5) is 4.39 Å². The van der Waals surface area contributed by atoms with E-state index in [0.717, 1.165) is 37.8 Å². The van der Waals surface area contributed by atoms with E-state index in [0.29, 0.717) is 6.04 Å². The molecule has 0 spiro atoms. The molecular weight excluding hydrogens is 241 g/mol. The minimum atomic E-state index is -0.632. The summed E-state index contributed by atoms with van der Waals surface area (Å²) in [7, 11) is 2.07. The molecule has 0 atom stereocenters. The van der Waals surface area contributed by atoms with Gasteiger partial charge in [-0.1, -0.05) is 12.1 Å². The highest BCUT2D eigenvalue weighted by Gasteiger charge is 2.32. The molecule has 0 saturated heterocycles. The Morgan fingerprint density at radius 2 is 1.95 bits per heavy atom. The minimum absolute atomic E-state index is 0.203. The van der Waals surface area contributed by atoms with Gasteiger partial charge in [-0.15, -0.1) is 0 Å². The summed E-state index contributed by atoms with van der Waals surface area (Å²) in [5, 5.41) is 9.01. The number of nitrogens with two attached hydrogens (primary N) is 1. The summed E-state index contributed by atoms with van der Waals surface area (Å²) < 4.78 is 12.8. The Hall–Kier alpha value is -1.44. The molecular formula is C15H20FN3. The quantitative estimate of drug-likeness (QED) is 0.909. The lowest BCUT2D eigenvalue weighted by molar-refractivity contribution is 0.161. The summed E-state index contributed by atoms with van der Waals surface area (Å²) >= 11 is 0. The Labute approximate surface area is 113 Å². The molecule has 0 heterocycles. The van der Waals surface area contributed by atoms with E-state index in [4.69, 9.17) is 11.0 Å². The number of nitriles is 1. The molecule has 0 aliphatic heterocycles. The van der Waals surface area contributed by atoms with Crippen molar-refractivity contribution in [3.8, 4) is 6.07 Å². The highest BCUT2D eigenvalue weighted by Crippen LogP contribution is 2.28. The van der Waals surface area contributed by atoms with Crippen molar-refractivity contribution in [3.05, 3.63) is 35.6 Å². The van der Waals surface area contributed by atoms with Crippen LogP contribution in [0, 0.1) is 17.1 Å². The Morgan fingerprint density at radius 3 is 2.47 bits per heavy atom. The molecule has 0 unspecified atom stereocenters. The number of rotatable bonds is 3. The number of hydrogen-bond acceptors (Lipinski definition) is 3. The average Bonchev–Trinajstić information content (AvgIpc) is 2.42. The van der Waals surface area contributed by atoms with Crippen LogP contribution < -0.4 is 5.73 Å². The Morgan fingerprint density at radius 1 is 1.37 bits per heavy atom. The third kappa shape index (κ3) is 3.52. The average molecular weight is 261 g/mol. The van der Waals surface area contributed by atoms with Crippen molar-refractivity contribution >= 4 is 0 Å². The molecule has 0 aromatic heterocycles. The van der Waals surface area contributed by atoms with Gasteiger partial charge in [-0.3, -0.25) is 4.90 Å². The van der Waals surface area contributed by atoms with Gasteiger partial charge in [-0.05, 0) is 50.4 Å². The van der Waals surface area contributed by atoms with Gasteiger partial charge in [0.25, 0.3) is 0 Å². The molecule has 1 aliphatic rings. The third-order valence-corrected chi connectivity index (χ3v) is 4.04. The van der Waals surface area contributed by atoms with Crippen LogP contribution in [0.25, 0.3) is 0 Å². The van der Waals surface area contributed by atoms with Crippen LogP contribution in [0.5, 0.6) is 0 Å². The predicted octanol–water partition coefficient (Wildman–Crippen LogP) is 2.42. The zero-order valence-corrected chi connectivity index (χ0v) is 11.3. The molecule has 0 radical (unpaired) electrons. The van der Waals surface area contributed by atoms with Crippen LogP contribution in [-0.4, -0.2) is 23.5 Å². The van der Waals surface area contributed by atoms with Crippen LogP contribution >= 0.6 is 0 Å². The van der Waals surface area contributed by atoms with Crippen LogP contribution in [0.2, 0.25) is 0 Å². The lowest BCUT2D eigenvalue weighted by atomic mass is 9.81. The standard InChI is InChI=1S/C15H20FN3/c1-19(10-12-2-4-13(16)5-3-12)14-6-8-15(18,11-17)9-7-14/h2-5,14H,6-10,18H2,1H3. The minimum Gasteiger partial charge on any atom is -0.313 e. The maximum Gasteiger partial charge on any atom is 0.123 e. The first kappa shape index (κ1) is 14.0. The summed E-state index contributed by atoms with van der Waals surface area (Å²) in [6.45, 7) is 0.801. The van der Waals surface area contributed by atoms with Gasteiger partial charge in [0, 0.05) is 12.6 Å². The monoisotopic (exact) mass is 261 g/mol. The normalized spacial score (nSPS) is 27.2. The fourth-order valence-electron chi connectivity index (χ4n) is 2.68. The van der Waals surface area contributed by atoms with E-state index in [9.17, 15) is 4.39 Å². The van der Waals surface area contributed by atoms with Crippen molar-refractivity contribution in [2.24, 2.45) is 5.73 Å². The molecule has 2 N–H and O–H groups in total. The lowest BCUT2D eigenvalue weighted by Gasteiger charge is -2.36. The van der Waals surface area contributed by atoms with Gasteiger partial charge in [0.2, 0.25) is 0 Å². The van der Waals surface area contributed by atoms with E-state index in [1.54, 1.807) is 0 Å². The van der Waals surface area contributed by atoms with Gasteiger partial charge in [0.1, 0.15) is 11.4 Å². The van der Waals surface area contributed by atoms with Crippen LogP contribution in [0.15, 0.2) is 24.3 Å². The van der Waals surface area contributed by atoms with Crippen molar-refractivity contribution in [2.75, 3.05) is 7.05 Å². The number of nitrogens with zero attached hydrogens (tertiary/aromatic N) is 2. The molecule has 1 aromatic rings. The van der Waals surface area contributed by atoms with Gasteiger partial charge in [0.05, 0.1) is 6.07 Å². The number of benzene rings is 1. The van der Waals surface area contributed by atoms with Crippen molar-refractivity contribution < 1.29 is 4.39 Å². The van der Waals surface area contributed by atoms with E-state index < -0.39 is 5.54 Å². The summed E-state index contributed by atoms with van der Waals surface area (Å²) in [5.41, 5.74) is 6.44. The van der Waals surface area contributed by atoms with Gasteiger partial charge in [0.15, 0.2) is 0 Å². The maximum absolute atomic E-state index is 12.8. The number of hydrogen-bond donors (Lipinski definition) is 1. The summed E-state index contributed by atoms with van der Waals surface area (Å²) in [6, 6.07) is 9.28. The molecule has 0 bridgehead atoms. The topological polar surface area (TPSA) is 53.0 Å². The largest absolute Gasteiger partial charge is 0.313 e. The second-order valence-corrected chi connectivity index (χ2v) is 5.54. The number of halogens is 1. The first-order valence-electron chi connectivity index (χ1n) is 6.67. The Balaban J connectivity index is 1.90. The van der Waals surface area contributed by atoms with E-state index in [1.165, 1.54) is 12.1 Å². The van der Waals surface area contributed by atoms with E-state index in [2.05, 4.69) is 18.0 Å². The van der Waals surface area contributed by atoms with Crippen molar-refractivity contribution in [1.82, 2.24) is 4.90 Å². The Kier molecular flexibility index (Phi) is 4.18. The van der Waals surface area contributed by atoms with E-state index in [-0.39, 0.29) is 5.82 Å². The third-order valence-electron chi connectivity index (χ3n) is 4.04. The SMILES string of the molecule is CN(Cc1ccc(F)cc1)C1CCC(N)(C#N)CC1. The summed E-state index contributed by atoms with van der Waals surface area (Å²) in [4.78, 5) is 2.27. The molecule has 2 rings (SSSR count). The van der Waals surface area contributed by atoms with Gasteiger partial charge < -0.3 is 5.73 Å². The molecule has 19 heavy (non-hydrogen) atoms. The lowest BCUT2D eigenvalue weighted by Crippen LogP contribution is -2.46. The van der Waals surface area contributed by atoms with Crippen molar-refractivity contribution in [2.45, 2.75) is 43.8 Å². The van der Waals surface area contributed by atoms with Gasteiger partial charge in [-0.2, -0.15) is 5.26 Å². The fraction of sp³-hybridized carbons (Fsp3) is 0.533. The molecule has 1 saturated carbocycles. The highest BCUT2D eigenvalue weighted by molar-refractivity contribution is 5.16. The van der Waals surface area contributed by atoms with E-state index >= 15 is 0 Å². The second kappa shape index (κ2) is 5.68. The zero-order valence-electron chi connectivity index (χ0n) is 11.3. The molecule has 1 aliphatic carbocycles. The molecule has 1 fully saturated rings. The molecule has 3 nitrogen and oxygen atoms in total. The molecule has 4 heteroatoms. The molecule has 0 amide bonds. The first-order chi connectivity index (χ1) is 9.02. The smallest absolute Gasteiger partial charge is 0.123 e. The van der Waals surface area contributed by atoms with Crippen molar-refractivity contribution in [1.29, 1.82) is 5.26 Å². The maximum atomic E-state index is 12.8. The van der Waals surface area contributed by atoms with E-state index in [1.807, 2.05) is 12.1 Å². The predicted molar refractivity (Wildman–Crippen MR) is 72.7 cm³/mol. The van der Waals surface area contributed by atoms with Crippen LogP contribution in [0.1, 0.15) is 31.2 Å². The van der Waals surface area contributed by atoms with Gasteiger partial charge >= 0.3 is 0 Å². The van der Waals surface area contributed by atoms with Crippen molar-refractivity contribution in [3.63, 3.8) is 0 Å².